The largest absolute Gasteiger partial charge is 2.00 e. The van der Waals surface area contributed by atoms with E-state index in [9.17, 15) is 0 Å². The third kappa shape index (κ3) is 93800. The summed E-state index contributed by atoms with van der Waals surface area (Å²) in [5.41, 5.74) is 0. The van der Waals surface area contributed by atoms with Gasteiger partial charge in [-0.15, -0.1) is 0 Å². The molecule has 0 heterocycles. The fourth-order valence-corrected chi connectivity index (χ4v) is 0. The Kier molecular flexibility index (Phi) is 34.6. The van der Waals surface area contributed by atoms with Crippen LogP contribution in [0.15, 0.2) is 0 Å². The summed E-state index contributed by atoms with van der Waals surface area (Å²) in [6.07, 6.45) is 0. The minimum atomic E-state index is -5.17. The van der Waals surface area contributed by atoms with Crippen molar-refractivity contribution in [3.63, 3.8) is 0 Å². The Labute approximate surface area is 90.7 Å². The van der Waals surface area contributed by atoms with E-state index in [-0.39, 0.29) is 34.6 Å². The van der Waals surface area contributed by atoms with Crippen LogP contribution in [0.3, 0.4) is 0 Å². The SMILES string of the molecule is O.O=S(=O)([O-])[O-].O=S(=O)([O-])[O-].[Co+2].[NH4+].[NH4+]. The van der Waals surface area contributed by atoms with Gasteiger partial charge in [0.05, 0.1) is 0 Å². The Morgan fingerprint density at radius 1 is 0.643 bits per heavy atom. The average Bonchev–Trinajstić information content (AvgIpc) is 1.12. The molecule has 0 rings (SSSR count). The van der Waals surface area contributed by atoms with Crippen LogP contribution in [0.1, 0.15) is 0 Å². The monoisotopic (exact) mass is 305 g/mol. The second-order valence-corrected chi connectivity index (χ2v) is 2.45. The zero-order valence-electron chi connectivity index (χ0n) is 6.92. The van der Waals surface area contributed by atoms with Crippen molar-refractivity contribution in [2.24, 2.45) is 0 Å². The van der Waals surface area contributed by atoms with Gasteiger partial charge in [-0.25, -0.2) is 0 Å². The maximum atomic E-state index is 8.52. The van der Waals surface area contributed by atoms with E-state index in [0.717, 1.165) is 0 Å². The molecule has 95 valence electrons. The van der Waals surface area contributed by atoms with Crippen LogP contribution in [0.5, 0.6) is 0 Å². The fourth-order valence-electron chi connectivity index (χ4n) is 0. The molecule has 0 amide bonds. The molecule has 0 saturated carbocycles. The van der Waals surface area contributed by atoms with Gasteiger partial charge in [0, 0.05) is 20.8 Å². The van der Waals surface area contributed by atoms with Crippen molar-refractivity contribution in [3.8, 4) is 0 Å². The molecule has 1 radical (unpaired) electrons. The van der Waals surface area contributed by atoms with E-state index in [2.05, 4.69) is 0 Å². The van der Waals surface area contributed by atoms with Gasteiger partial charge in [-0.2, -0.15) is 0 Å². The Bertz CT molecular complexity index is 217. The summed E-state index contributed by atoms with van der Waals surface area (Å²) >= 11 is 0. The molecule has 0 spiro atoms. The van der Waals surface area contributed by atoms with Gasteiger partial charge in [0.2, 0.25) is 0 Å². The van der Waals surface area contributed by atoms with E-state index < -0.39 is 20.8 Å². The van der Waals surface area contributed by atoms with Crippen LogP contribution >= 0.6 is 0 Å². The predicted octanol–water partition coefficient (Wildman–Crippen LogP) is -2.75. The minimum Gasteiger partial charge on any atom is -0.759 e. The summed E-state index contributed by atoms with van der Waals surface area (Å²) in [7, 11) is -10.3. The molecule has 0 unspecified atom stereocenters. The van der Waals surface area contributed by atoms with Crippen molar-refractivity contribution >= 4 is 20.8 Å². The zero-order chi connectivity index (χ0) is 9.00. The smallest absolute Gasteiger partial charge is 0.759 e. The van der Waals surface area contributed by atoms with Crippen molar-refractivity contribution in [3.05, 3.63) is 0 Å². The van der Waals surface area contributed by atoms with Crippen LogP contribution in [-0.2, 0) is 37.6 Å². The van der Waals surface area contributed by atoms with Gasteiger partial charge in [-0.1, -0.05) is 0 Å². The van der Waals surface area contributed by atoms with Crippen LogP contribution < -0.4 is 12.3 Å². The maximum absolute atomic E-state index is 8.52. The first kappa shape index (κ1) is 36.9. The molecule has 0 aliphatic rings. The molecule has 0 atom stereocenters. The summed E-state index contributed by atoms with van der Waals surface area (Å²) in [4.78, 5) is 0. The Morgan fingerprint density at radius 3 is 0.643 bits per heavy atom. The summed E-state index contributed by atoms with van der Waals surface area (Å²) < 4.78 is 68.2. The molecule has 0 bridgehead atoms. The fraction of sp³-hybridized carbons (Fsp3) is 0. The summed E-state index contributed by atoms with van der Waals surface area (Å²) in [5, 5.41) is 0. The van der Waals surface area contributed by atoms with Crippen molar-refractivity contribution in [1.29, 1.82) is 0 Å². The van der Waals surface area contributed by atoms with Gasteiger partial charge >= 0.3 is 16.8 Å². The minimum absolute atomic E-state index is 0. The number of hydrogen-bond donors (Lipinski definition) is 2. The van der Waals surface area contributed by atoms with Crippen molar-refractivity contribution in [2.45, 2.75) is 0 Å². The van der Waals surface area contributed by atoms with Crippen molar-refractivity contribution in [2.75, 3.05) is 0 Å². The number of quaternary nitrogens is 2. The van der Waals surface area contributed by atoms with Gasteiger partial charge < -0.3 is 36.0 Å². The molecule has 0 aliphatic heterocycles. The third-order valence-electron chi connectivity index (χ3n) is 0. The van der Waals surface area contributed by atoms with Gasteiger partial charge in [-0.05, 0) is 0 Å². The van der Waals surface area contributed by atoms with E-state index >= 15 is 0 Å². The molecule has 10 N–H and O–H groups in total. The van der Waals surface area contributed by atoms with Crippen LogP contribution in [0.25, 0.3) is 0 Å². The molecule has 14 heavy (non-hydrogen) atoms. The predicted molar refractivity (Wildman–Crippen MR) is 36.5 cm³/mol. The van der Waals surface area contributed by atoms with Gasteiger partial charge in [-0.3, -0.25) is 16.8 Å². The molecule has 14 heteroatoms. The Balaban J connectivity index is -0.0000000178. The number of rotatable bonds is 0. The Morgan fingerprint density at radius 2 is 0.643 bits per heavy atom. The van der Waals surface area contributed by atoms with E-state index in [4.69, 9.17) is 35.0 Å². The van der Waals surface area contributed by atoms with Crippen LogP contribution in [0.4, 0.5) is 0 Å². The quantitative estimate of drug-likeness (QED) is 0.348. The van der Waals surface area contributed by atoms with Crippen LogP contribution in [-0.4, -0.2) is 40.5 Å². The van der Waals surface area contributed by atoms with E-state index in [1.807, 2.05) is 0 Å². The first-order valence-electron chi connectivity index (χ1n) is 1.33. The van der Waals surface area contributed by atoms with Gasteiger partial charge in [0.1, 0.15) is 0 Å². The molecule has 0 aromatic carbocycles. The Hall–Kier alpha value is 0.126. The third-order valence-corrected chi connectivity index (χ3v) is 0. The van der Waals surface area contributed by atoms with E-state index in [0.29, 0.717) is 0 Å². The molecule has 0 fully saturated rings. The second kappa shape index (κ2) is 13.1. The molecule has 0 saturated heterocycles. The molecule has 0 aromatic rings. The first-order chi connectivity index (χ1) is 4.00. The zero-order valence-corrected chi connectivity index (χ0v) is 9.59. The normalized spacial score (nSPS) is 8.29. The topological polar surface area (TPSA) is 265 Å². The van der Waals surface area contributed by atoms with Gasteiger partial charge in [0.15, 0.2) is 0 Å². The van der Waals surface area contributed by atoms with Crippen molar-refractivity contribution in [1.82, 2.24) is 12.3 Å². The average molecular weight is 305 g/mol. The van der Waals surface area contributed by atoms with Crippen molar-refractivity contribution < 1.29 is 57.3 Å². The van der Waals surface area contributed by atoms with Gasteiger partial charge in [0.25, 0.3) is 0 Å². The first-order valence-corrected chi connectivity index (χ1v) is 4.00. The maximum Gasteiger partial charge on any atom is 2.00 e. The summed E-state index contributed by atoms with van der Waals surface area (Å²) in [6.45, 7) is 0. The summed E-state index contributed by atoms with van der Waals surface area (Å²) in [5.74, 6) is 0. The molecule has 0 aliphatic carbocycles. The van der Waals surface area contributed by atoms with Crippen LogP contribution in [0, 0.1) is 0 Å². The molecular formula is H10CoN2O9S2. The second-order valence-electron chi connectivity index (χ2n) is 0.816. The van der Waals surface area contributed by atoms with Crippen LogP contribution in [0.2, 0.25) is 0 Å². The number of hydrogen-bond acceptors (Lipinski definition) is 8. The standard InChI is InChI=1S/Co.2H3N.2H2O4S.H2O/c;;;2*1-5(2,3)4;/h;2*1H3;2*(H2,1,2,3,4);1H2/q+2;;;;;/p-2. The summed E-state index contributed by atoms with van der Waals surface area (Å²) in [6, 6.07) is 0. The molecule has 0 aromatic heterocycles. The van der Waals surface area contributed by atoms with E-state index in [1.54, 1.807) is 0 Å². The van der Waals surface area contributed by atoms with E-state index in [1.165, 1.54) is 0 Å². The molecule has 11 nitrogen and oxygen atoms in total. The molecular weight excluding hydrogens is 295 g/mol.